The third kappa shape index (κ3) is 6.87. The Morgan fingerprint density at radius 3 is 1.94 bits per heavy atom. The smallest absolute Gasteiger partial charge is 0.331 e. The van der Waals surface area contributed by atoms with Gasteiger partial charge in [-0.2, -0.15) is 5.26 Å². The third-order valence-corrected chi connectivity index (χ3v) is 14.3. The first-order chi connectivity index (χ1) is 23.2. The first kappa shape index (κ1) is 35.8. The highest BCUT2D eigenvalue weighted by atomic mass is 28.4. The molecule has 0 radical (unpaired) electrons. The second-order valence-corrected chi connectivity index (χ2v) is 18.7. The molecular weight excluding hydrogens is 639 g/mol. The largest absolute Gasteiger partial charge is 0.497 e. The van der Waals surface area contributed by atoms with E-state index in [2.05, 4.69) is 44.9 Å². The summed E-state index contributed by atoms with van der Waals surface area (Å²) in [6, 6.07) is 27.6. The fourth-order valence-corrected chi connectivity index (χ4v) is 7.34. The fourth-order valence-electron chi connectivity index (χ4n) is 5.99. The van der Waals surface area contributed by atoms with Crippen molar-refractivity contribution in [2.75, 3.05) is 20.8 Å². The second kappa shape index (κ2) is 13.8. The summed E-state index contributed by atoms with van der Waals surface area (Å²) in [4.78, 5) is 27.8. The van der Waals surface area contributed by atoms with Gasteiger partial charge in [-0.1, -0.05) is 75.4 Å². The number of nitrogens with zero attached hydrogens (tertiary/aromatic N) is 2. The van der Waals surface area contributed by atoms with E-state index in [9.17, 15) is 14.9 Å². The van der Waals surface area contributed by atoms with Gasteiger partial charge in [0.15, 0.2) is 8.32 Å². The monoisotopic (exact) mass is 683 g/mol. The minimum absolute atomic E-state index is 0.00718. The number of nitrogens with one attached hydrogen (secondary N) is 1. The van der Waals surface area contributed by atoms with Crippen LogP contribution in [0.4, 0.5) is 0 Å². The molecule has 1 saturated heterocycles. The Morgan fingerprint density at radius 2 is 1.45 bits per heavy atom. The molecule has 10 nitrogen and oxygen atoms in total. The van der Waals surface area contributed by atoms with Crippen LogP contribution < -0.4 is 20.7 Å². The van der Waals surface area contributed by atoms with Crippen LogP contribution in [0.25, 0.3) is 0 Å². The van der Waals surface area contributed by atoms with Crippen LogP contribution in [0.2, 0.25) is 18.1 Å². The molecule has 1 aromatic heterocycles. The van der Waals surface area contributed by atoms with Crippen LogP contribution in [0.15, 0.2) is 94.6 Å². The number of aromatic nitrogens is 2. The van der Waals surface area contributed by atoms with Gasteiger partial charge in [-0.15, -0.1) is 0 Å². The standard InChI is InChI=1S/C38H45N3O7Si/c1-26-23-41(35(43)40-34(26)42)37(25-39)22-32(48-49(7,8)36(2,3)4)33(47-37)24-46-38(27-12-10-9-11-13-27,28-14-18-30(44-5)19-15-28)29-16-20-31(45-6)21-17-29/h9-21,23,32-33H,22,24H2,1-8H3,(H,40,42,43)/t32?,33-,37+/m1/s1. The van der Waals surface area contributed by atoms with Crippen LogP contribution in [-0.2, 0) is 25.2 Å². The van der Waals surface area contributed by atoms with Gasteiger partial charge in [0.25, 0.3) is 5.56 Å². The maximum atomic E-state index is 13.2. The van der Waals surface area contributed by atoms with Crippen LogP contribution in [0.1, 0.15) is 49.4 Å². The highest BCUT2D eigenvalue weighted by Gasteiger charge is 2.54. The third-order valence-electron chi connectivity index (χ3n) is 9.81. The first-order valence-electron chi connectivity index (χ1n) is 16.3. The predicted molar refractivity (Wildman–Crippen MR) is 189 cm³/mol. The van der Waals surface area contributed by atoms with Gasteiger partial charge in [0.05, 0.1) is 26.9 Å². The summed E-state index contributed by atoms with van der Waals surface area (Å²) < 4.78 is 32.9. The summed E-state index contributed by atoms with van der Waals surface area (Å²) in [5.41, 5.74) is -1.33. The molecule has 3 aromatic carbocycles. The van der Waals surface area contributed by atoms with Crippen molar-refractivity contribution >= 4 is 8.32 Å². The van der Waals surface area contributed by atoms with Crippen molar-refractivity contribution in [1.29, 1.82) is 5.26 Å². The average molecular weight is 684 g/mol. The zero-order chi connectivity index (χ0) is 35.6. The molecule has 1 aliphatic heterocycles. The maximum Gasteiger partial charge on any atom is 0.331 e. The molecule has 0 aliphatic carbocycles. The molecule has 0 spiro atoms. The van der Waals surface area contributed by atoms with Crippen molar-refractivity contribution in [3.05, 3.63) is 128 Å². The Hall–Kier alpha value is -4.47. The van der Waals surface area contributed by atoms with E-state index in [-0.39, 0.29) is 23.6 Å². The Labute approximate surface area is 288 Å². The first-order valence-corrected chi connectivity index (χ1v) is 19.2. The van der Waals surface area contributed by atoms with E-state index < -0.39 is 43.1 Å². The molecular formula is C38H45N3O7Si. The Bertz CT molecular complexity index is 1860. The van der Waals surface area contributed by atoms with E-state index in [1.807, 2.05) is 78.9 Å². The summed E-state index contributed by atoms with van der Waals surface area (Å²) in [7, 11) is 0.815. The van der Waals surface area contributed by atoms with Gasteiger partial charge in [0.2, 0.25) is 5.72 Å². The van der Waals surface area contributed by atoms with E-state index in [0.717, 1.165) is 16.7 Å². The van der Waals surface area contributed by atoms with Gasteiger partial charge in [0, 0.05) is 18.2 Å². The van der Waals surface area contributed by atoms with Crippen LogP contribution in [-0.4, -0.2) is 50.9 Å². The minimum atomic E-state index is -2.43. The molecule has 1 aliphatic rings. The number of benzene rings is 3. The number of ether oxygens (including phenoxy) is 4. The van der Waals surface area contributed by atoms with E-state index in [1.54, 1.807) is 21.1 Å². The average Bonchev–Trinajstić information content (AvgIpc) is 3.44. The Morgan fingerprint density at radius 1 is 0.918 bits per heavy atom. The normalized spacial score (nSPS) is 19.7. The van der Waals surface area contributed by atoms with Crippen molar-refractivity contribution < 1.29 is 23.4 Å². The van der Waals surface area contributed by atoms with Crippen LogP contribution in [0.5, 0.6) is 11.5 Å². The summed E-state index contributed by atoms with van der Waals surface area (Å²) in [6.07, 6.45) is 0.0473. The molecule has 1 unspecified atom stereocenters. The van der Waals surface area contributed by atoms with E-state index >= 15 is 0 Å². The zero-order valence-corrected chi connectivity index (χ0v) is 30.4. The van der Waals surface area contributed by atoms with Crippen LogP contribution in [0.3, 0.4) is 0 Å². The Balaban J connectivity index is 1.66. The molecule has 1 N–H and O–H groups in total. The molecule has 0 bridgehead atoms. The van der Waals surface area contributed by atoms with Gasteiger partial charge < -0.3 is 23.4 Å². The van der Waals surface area contributed by atoms with Gasteiger partial charge >= 0.3 is 5.69 Å². The number of hydrogen-bond donors (Lipinski definition) is 1. The van der Waals surface area contributed by atoms with Crippen molar-refractivity contribution in [1.82, 2.24) is 9.55 Å². The number of rotatable bonds is 11. The molecule has 0 amide bonds. The molecule has 258 valence electrons. The molecule has 5 rings (SSSR count). The molecule has 3 atom stereocenters. The summed E-state index contributed by atoms with van der Waals surface area (Å²) in [6.45, 7) is 12.3. The topological polar surface area (TPSA) is 125 Å². The minimum Gasteiger partial charge on any atom is -0.497 e. The number of nitriles is 1. The summed E-state index contributed by atoms with van der Waals surface area (Å²) in [5, 5.41) is 10.5. The highest BCUT2D eigenvalue weighted by molar-refractivity contribution is 6.74. The lowest BCUT2D eigenvalue weighted by molar-refractivity contribution is -0.116. The highest BCUT2D eigenvalue weighted by Crippen LogP contribution is 2.46. The van der Waals surface area contributed by atoms with Gasteiger partial charge in [-0.25, -0.2) is 4.79 Å². The number of methoxy groups -OCH3 is 2. The van der Waals surface area contributed by atoms with Gasteiger partial charge in [-0.05, 0) is 66.0 Å². The lowest BCUT2D eigenvalue weighted by Gasteiger charge is -2.40. The molecule has 1 fully saturated rings. The van der Waals surface area contributed by atoms with Crippen molar-refractivity contribution in [2.45, 2.75) is 75.8 Å². The lowest BCUT2D eigenvalue weighted by atomic mass is 9.80. The van der Waals surface area contributed by atoms with Crippen LogP contribution >= 0.6 is 0 Å². The lowest BCUT2D eigenvalue weighted by Crippen LogP contribution is -2.47. The van der Waals surface area contributed by atoms with Crippen LogP contribution in [0, 0.1) is 18.3 Å². The molecule has 4 aromatic rings. The van der Waals surface area contributed by atoms with Gasteiger partial charge in [-0.3, -0.25) is 14.3 Å². The number of H-pyrrole nitrogens is 1. The molecule has 2 heterocycles. The Kier molecular flexibility index (Phi) is 10.1. The van der Waals surface area contributed by atoms with E-state index in [0.29, 0.717) is 11.5 Å². The van der Waals surface area contributed by atoms with E-state index in [4.69, 9.17) is 23.4 Å². The second-order valence-electron chi connectivity index (χ2n) is 13.9. The van der Waals surface area contributed by atoms with Crippen molar-refractivity contribution in [3.63, 3.8) is 0 Å². The fraction of sp³-hybridized carbons (Fsp3) is 0.395. The SMILES string of the molecule is COc1ccc(C(OC[C@H]2O[C@@](C#N)(n3cc(C)c(=O)[nH]c3=O)CC2O[Si](C)(C)C(C)(C)C)(c2ccccc2)c2ccc(OC)cc2)cc1. The van der Waals surface area contributed by atoms with E-state index in [1.165, 1.54) is 10.8 Å². The van der Waals surface area contributed by atoms with Gasteiger partial charge in [0.1, 0.15) is 29.3 Å². The number of aromatic amines is 1. The maximum absolute atomic E-state index is 13.2. The quantitative estimate of drug-likeness (QED) is 0.146. The number of hydrogen-bond acceptors (Lipinski definition) is 8. The van der Waals surface area contributed by atoms with Crippen molar-refractivity contribution in [3.8, 4) is 17.6 Å². The number of aryl methyl sites for hydroxylation is 1. The molecule has 0 saturated carbocycles. The summed E-state index contributed by atoms with van der Waals surface area (Å²) >= 11 is 0. The molecule has 49 heavy (non-hydrogen) atoms. The summed E-state index contributed by atoms with van der Waals surface area (Å²) in [5.74, 6) is 1.39. The zero-order valence-electron chi connectivity index (χ0n) is 29.4. The van der Waals surface area contributed by atoms with Crippen molar-refractivity contribution in [2.24, 2.45) is 0 Å². The predicted octanol–water partition coefficient (Wildman–Crippen LogP) is 6.23. The molecule has 11 heteroatoms.